The normalized spacial score (nSPS) is 14.9. The molecular weight excluding hydrogens is 220 g/mol. The van der Waals surface area contributed by atoms with Gasteiger partial charge in [0.05, 0.1) is 17.9 Å². The van der Waals surface area contributed by atoms with Gasteiger partial charge in [0, 0.05) is 11.6 Å². The maximum atomic E-state index is 6.10. The van der Waals surface area contributed by atoms with Gasteiger partial charge in [-0.3, -0.25) is 0 Å². The van der Waals surface area contributed by atoms with E-state index in [1.54, 1.807) is 23.7 Å². The Balaban J connectivity index is 2.20. The molecular formula is C11H16N4S. The van der Waals surface area contributed by atoms with Crippen molar-refractivity contribution in [2.75, 3.05) is 0 Å². The van der Waals surface area contributed by atoms with Crippen LogP contribution in [0.5, 0.6) is 0 Å². The second kappa shape index (κ2) is 4.76. The van der Waals surface area contributed by atoms with Crippen LogP contribution >= 0.6 is 11.3 Å². The van der Waals surface area contributed by atoms with Gasteiger partial charge in [0.1, 0.15) is 10.8 Å². The quantitative estimate of drug-likeness (QED) is 0.857. The number of aromatic amines is 1. The fourth-order valence-corrected chi connectivity index (χ4v) is 2.10. The average molecular weight is 236 g/mol. The summed E-state index contributed by atoms with van der Waals surface area (Å²) < 4.78 is 0. The van der Waals surface area contributed by atoms with Crippen LogP contribution in [-0.4, -0.2) is 15.0 Å². The zero-order valence-corrected chi connectivity index (χ0v) is 10.3. The molecule has 2 heterocycles. The Kier molecular flexibility index (Phi) is 3.36. The van der Waals surface area contributed by atoms with Gasteiger partial charge in [0.25, 0.3) is 0 Å². The van der Waals surface area contributed by atoms with E-state index in [0.717, 1.165) is 22.9 Å². The third-order valence-electron chi connectivity index (χ3n) is 2.83. The van der Waals surface area contributed by atoms with Gasteiger partial charge in [-0.25, -0.2) is 9.97 Å². The number of hydrogen-bond acceptors (Lipinski definition) is 4. The summed E-state index contributed by atoms with van der Waals surface area (Å²) in [7, 11) is 0. The summed E-state index contributed by atoms with van der Waals surface area (Å²) in [5.41, 5.74) is 7.05. The standard InChI is InChI=1S/C11H16N4S/c1-3-7(2)9(12)10-14-6-8(15-10)11-13-4-5-16-11/h4-7,9H,3,12H2,1-2H3,(H,14,15). The number of rotatable bonds is 4. The molecule has 0 radical (unpaired) electrons. The molecule has 0 aliphatic heterocycles. The van der Waals surface area contributed by atoms with Crippen LogP contribution in [0.3, 0.4) is 0 Å². The Morgan fingerprint density at radius 3 is 2.94 bits per heavy atom. The molecule has 2 unspecified atom stereocenters. The van der Waals surface area contributed by atoms with Crippen LogP contribution in [-0.2, 0) is 0 Å². The first-order valence-corrected chi connectivity index (χ1v) is 6.30. The molecule has 2 aromatic rings. The minimum atomic E-state index is -0.0290. The summed E-state index contributed by atoms with van der Waals surface area (Å²) in [6, 6.07) is -0.0290. The molecule has 0 amide bonds. The van der Waals surface area contributed by atoms with Crippen LogP contribution in [0.25, 0.3) is 10.7 Å². The molecule has 2 rings (SSSR count). The second-order valence-electron chi connectivity index (χ2n) is 3.93. The third kappa shape index (κ3) is 2.15. The number of imidazole rings is 1. The summed E-state index contributed by atoms with van der Waals surface area (Å²) in [5, 5.41) is 2.90. The highest BCUT2D eigenvalue weighted by Gasteiger charge is 2.17. The van der Waals surface area contributed by atoms with Crippen LogP contribution in [0.15, 0.2) is 17.8 Å². The van der Waals surface area contributed by atoms with Gasteiger partial charge in [-0.2, -0.15) is 0 Å². The van der Waals surface area contributed by atoms with Crippen molar-refractivity contribution in [2.24, 2.45) is 11.7 Å². The van der Waals surface area contributed by atoms with Gasteiger partial charge >= 0.3 is 0 Å². The maximum Gasteiger partial charge on any atom is 0.141 e. The van der Waals surface area contributed by atoms with Crippen molar-refractivity contribution in [3.63, 3.8) is 0 Å². The van der Waals surface area contributed by atoms with Crippen LogP contribution in [0, 0.1) is 5.92 Å². The van der Waals surface area contributed by atoms with E-state index in [-0.39, 0.29) is 6.04 Å². The average Bonchev–Trinajstić information content (AvgIpc) is 2.96. The van der Waals surface area contributed by atoms with Gasteiger partial charge in [-0.15, -0.1) is 11.3 Å². The van der Waals surface area contributed by atoms with Crippen molar-refractivity contribution in [1.29, 1.82) is 0 Å². The Morgan fingerprint density at radius 1 is 1.50 bits per heavy atom. The van der Waals surface area contributed by atoms with E-state index in [2.05, 4.69) is 28.8 Å². The first-order chi connectivity index (χ1) is 7.72. The zero-order valence-electron chi connectivity index (χ0n) is 9.47. The number of nitrogens with zero attached hydrogens (tertiary/aromatic N) is 2. The highest BCUT2D eigenvalue weighted by Crippen LogP contribution is 2.24. The lowest BCUT2D eigenvalue weighted by molar-refractivity contribution is 0.441. The monoisotopic (exact) mass is 236 g/mol. The molecule has 2 atom stereocenters. The van der Waals surface area contributed by atoms with Crippen molar-refractivity contribution in [3.8, 4) is 10.7 Å². The Hall–Kier alpha value is -1.20. The lowest BCUT2D eigenvalue weighted by Crippen LogP contribution is -2.19. The summed E-state index contributed by atoms with van der Waals surface area (Å²) >= 11 is 1.59. The molecule has 0 bridgehead atoms. The smallest absolute Gasteiger partial charge is 0.141 e. The fourth-order valence-electron chi connectivity index (χ4n) is 1.49. The van der Waals surface area contributed by atoms with Crippen LogP contribution in [0.4, 0.5) is 0 Å². The largest absolute Gasteiger partial charge is 0.339 e. The number of H-pyrrole nitrogens is 1. The molecule has 0 saturated carbocycles. The molecule has 2 aromatic heterocycles. The predicted molar refractivity (Wildman–Crippen MR) is 66.1 cm³/mol. The first-order valence-electron chi connectivity index (χ1n) is 5.42. The first kappa shape index (κ1) is 11.3. The molecule has 0 fully saturated rings. The Labute approximate surface area is 98.9 Å². The number of nitrogens with one attached hydrogen (secondary N) is 1. The topological polar surface area (TPSA) is 67.6 Å². The van der Waals surface area contributed by atoms with Crippen molar-refractivity contribution in [3.05, 3.63) is 23.6 Å². The van der Waals surface area contributed by atoms with Crippen molar-refractivity contribution < 1.29 is 0 Å². The molecule has 0 aromatic carbocycles. The molecule has 16 heavy (non-hydrogen) atoms. The fraction of sp³-hybridized carbons (Fsp3) is 0.455. The molecule has 5 heteroatoms. The van der Waals surface area contributed by atoms with E-state index in [9.17, 15) is 0 Å². The van der Waals surface area contributed by atoms with Crippen molar-refractivity contribution in [2.45, 2.75) is 26.3 Å². The van der Waals surface area contributed by atoms with Crippen LogP contribution in [0.2, 0.25) is 0 Å². The second-order valence-corrected chi connectivity index (χ2v) is 4.83. The molecule has 0 saturated heterocycles. The zero-order chi connectivity index (χ0) is 11.5. The lowest BCUT2D eigenvalue weighted by atomic mass is 10.00. The van der Waals surface area contributed by atoms with Crippen LogP contribution < -0.4 is 5.73 Å². The van der Waals surface area contributed by atoms with Crippen molar-refractivity contribution >= 4 is 11.3 Å². The molecule has 0 aliphatic rings. The highest BCUT2D eigenvalue weighted by atomic mass is 32.1. The van der Waals surface area contributed by atoms with E-state index in [1.165, 1.54) is 0 Å². The molecule has 0 spiro atoms. The summed E-state index contributed by atoms with van der Waals surface area (Å²) in [6.45, 7) is 4.27. The van der Waals surface area contributed by atoms with Crippen LogP contribution in [0.1, 0.15) is 32.1 Å². The van der Waals surface area contributed by atoms with Gasteiger partial charge in [-0.1, -0.05) is 20.3 Å². The Bertz CT molecular complexity index is 435. The number of nitrogens with two attached hydrogens (primary N) is 1. The summed E-state index contributed by atoms with van der Waals surface area (Å²) in [5.74, 6) is 1.27. The van der Waals surface area contributed by atoms with Gasteiger partial charge < -0.3 is 10.7 Å². The molecule has 4 nitrogen and oxygen atoms in total. The lowest BCUT2D eigenvalue weighted by Gasteiger charge is -2.15. The van der Waals surface area contributed by atoms with Gasteiger partial charge in [0.2, 0.25) is 0 Å². The van der Waals surface area contributed by atoms with Gasteiger partial charge in [-0.05, 0) is 5.92 Å². The number of hydrogen-bond donors (Lipinski definition) is 2. The Morgan fingerprint density at radius 2 is 2.31 bits per heavy atom. The van der Waals surface area contributed by atoms with E-state index in [1.807, 2.05) is 5.38 Å². The van der Waals surface area contributed by atoms with E-state index >= 15 is 0 Å². The summed E-state index contributed by atoms with van der Waals surface area (Å²) in [6.07, 6.45) is 4.64. The van der Waals surface area contributed by atoms with E-state index < -0.39 is 0 Å². The SMILES string of the molecule is CCC(C)C(N)c1ncc(-c2nccs2)[nH]1. The predicted octanol–water partition coefficient (Wildman–Crippen LogP) is 2.58. The van der Waals surface area contributed by atoms with E-state index in [0.29, 0.717) is 5.92 Å². The highest BCUT2D eigenvalue weighted by molar-refractivity contribution is 7.13. The number of aromatic nitrogens is 3. The summed E-state index contributed by atoms with van der Waals surface area (Å²) in [4.78, 5) is 11.8. The van der Waals surface area contributed by atoms with Crippen molar-refractivity contribution in [1.82, 2.24) is 15.0 Å². The molecule has 86 valence electrons. The third-order valence-corrected chi connectivity index (χ3v) is 3.64. The maximum absolute atomic E-state index is 6.10. The minimum Gasteiger partial charge on any atom is -0.339 e. The van der Waals surface area contributed by atoms with Gasteiger partial charge in [0.15, 0.2) is 0 Å². The molecule has 3 N–H and O–H groups in total. The molecule has 0 aliphatic carbocycles. The minimum absolute atomic E-state index is 0.0290. The number of thiazole rings is 1. The van der Waals surface area contributed by atoms with E-state index in [4.69, 9.17) is 5.73 Å².